The number of primary amides is 1. The van der Waals surface area contributed by atoms with Crippen LogP contribution in [0.25, 0.3) is 0 Å². The SMILES string of the molecule is NC(=O)NO.O=[N+]([O-])[O-].OC[C@H]1O[C@@H](OC[C@H]2O[C@@H](O)[C@H](O)[C@@H](O[C@@H]3O[C@H](CO)[C@@H](O)[C@H](O[C@@H]4O[C@H](CO)[C@@H](O)[C@H](O[C@@H]5O[C@H](CO[C@@H]6O[C@H](CO)[C@@H](O)[C@H](O)[C@H]6O)[C@@H](O)[C@H](O[C@@H]6O[C@H](CO)[C@@H](O)[C@H](O)[C@H]6O)[C@H]5O)[C@H]4O)[C@H]3O)[C@@H]2O)[C@H](O)[C@@H](O)[C@@H]1O.[Ga+3]. The van der Waals surface area contributed by atoms with Gasteiger partial charge in [0.2, 0.25) is 0 Å². The van der Waals surface area contributed by atoms with Crippen LogP contribution in [-0.4, -0.2) is 415 Å². The minimum Gasteiger partial charge on any atom is -0.394 e. The first kappa shape index (κ1) is 78.1. The predicted molar refractivity (Wildman–Crippen MR) is 262 cm³/mol. The van der Waals surface area contributed by atoms with E-state index in [0.29, 0.717) is 0 Å². The van der Waals surface area contributed by atoms with Gasteiger partial charge in [-0.25, -0.2) is 10.3 Å². The Balaban J connectivity index is 0.00000154. The Bertz CT molecular complexity index is 2050. The molecule has 7 saturated heterocycles. The van der Waals surface area contributed by atoms with Crippen molar-refractivity contribution in [2.75, 3.05) is 46.2 Å². The second-order valence-electron chi connectivity index (χ2n) is 20.3. The second kappa shape index (κ2) is 35.2. The van der Waals surface area contributed by atoms with Crippen LogP contribution in [0.2, 0.25) is 0 Å². The number of carbonyl (C=O) groups is 1. The van der Waals surface area contributed by atoms with E-state index < -0.39 is 272 Å². The Morgan fingerprint density at radius 3 is 0.864 bits per heavy atom. The number of carbonyl (C=O) groups excluding carboxylic acids is 1. The molecule has 0 unspecified atom stereocenters. The molecule has 7 fully saturated rings. The number of rotatable bonds is 19. The average Bonchev–Trinajstić information content (AvgIpc) is 2.96. The van der Waals surface area contributed by atoms with E-state index in [1.807, 2.05) is 0 Å². The summed E-state index contributed by atoms with van der Waals surface area (Å²) in [4.78, 5) is 17.5. The molecular weight excluding hydrogens is 1280 g/mol. The summed E-state index contributed by atoms with van der Waals surface area (Å²) >= 11 is 0. The van der Waals surface area contributed by atoms with Gasteiger partial charge in [0.1, 0.15) is 171 Å². The van der Waals surface area contributed by atoms with E-state index in [9.17, 15) is 122 Å². The van der Waals surface area contributed by atoms with Gasteiger partial charge in [-0.2, -0.15) is 0 Å². The number of nitrogens with two attached hydrogens (primary N) is 1. The van der Waals surface area contributed by atoms with Crippen LogP contribution in [0.1, 0.15) is 0 Å². The molecule has 0 spiro atoms. The number of nitrogens with zero attached hydrogens (tertiary/aromatic N) is 1. The van der Waals surface area contributed by atoms with Crippen LogP contribution in [0.3, 0.4) is 0 Å². The van der Waals surface area contributed by atoms with Crippen molar-refractivity contribution in [1.82, 2.24) is 5.48 Å². The summed E-state index contributed by atoms with van der Waals surface area (Å²) in [6.07, 6.45) is -69.4. The van der Waals surface area contributed by atoms with Gasteiger partial charge in [0.05, 0.1) is 51.3 Å². The third-order valence-corrected chi connectivity index (χ3v) is 14.6. The first-order chi connectivity index (χ1) is 40.9. The normalized spacial score (nSPS) is 48.1. The molecule has 0 saturated carbocycles. The van der Waals surface area contributed by atoms with E-state index in [-0.39, 0.29) is 19.8 Å². The smallest absolute Gasteiger partial charge is 0.394 e. The van der Waals surface area contributed by atoms with Crippen LogP contribution >= 0.6 is 0 Å². The van der Waals surface area contributed by atoms with Crippen molar-refractivity contribution in [3.63, 3.8) is 0 Å². The van der Waals surface area contributed by atoms with Gasteiger partial charge in [-0.15, -0.1) is 0 Å². The van der Waals surface area contributed by atoms with Gasteiger partial charge in [0.15, 0.2) is 44.0 Å². The first-order valence-corrected chi connectivity index (χ1v) is 26.2. The van der Waals surface area contributed by atoms with Gasteiger partial charge in [-0.05, 0) is 0 Å². The molecule has 7 aliphatic heterocycles. The minimum atomic E-state index is -2.35. The Kier molecular flexibility index (Phi) is 31.2. The van der Waals surface area contributed by atoms with Crippen molar-refractivity contribution in [2.24, 2.45) is 5.73 Å². The predicted octanol–water partition coefficient (Wildman–Crippen LogP) is -17.9. The molecule has 0 aromatic rings. The summed E-state index contributed by atoms with van der Waals surface area (Å²) in [5.41, 5.74) is 5.46. The van der Waals surface area contributed by atoms with E-state index in [0.717, 1.165) is 0 Å². The molecule has 2 amide bonds. The monoisotopic (exact) mass is 1360 g/mol. The quantitative estimate of drug-likeness (QED) is 0.0247. The van der Waals surface area contributed by atoms with Gasteiger partial charge in [-0.3, -0.25) is 5.21 Å². The molecule has 510 valence electrons. The van der Waals surface area contributed by atoms with Crippen molar-refractivity contribution in [3.8, 4) is 0 Å². The van der Waals surface area contributed by atoms with E-state index in [4.69, 9.17) is 82.1 Å². The third-order valence-electron chi connectivity index (χ3n) is 14.6. The molecular formula is C43H76GaN3O41+2. The Morgan fingerprint density at radius 2 is 0.580 bits per heavy atom. The van der Waals surface area contributed by atoms with Crippen LogP contribution in [0.4, 0.5) is 4.79 Å². The van der Waals surface area contributed by atoms with Crippen molar-refractivity contribution < 1.29 is 194 Å². The standard InChI is InChI=1S/C42H72O36.CH4N2O2.Ga.NO3/c43-1-8-15(48)22(55)25(58)37(69-8)66-6-13-20(53)32(28(61)36(65)68-13)75-40-29(62)33(18(51)11(4-46)72-40)77-41-30(63)34(19(52)12(5-47)73-41)78-42-31(64)35(76-39-27(60)24(57)17(50)10(3-45)71-39)21(54)14(74-42)7-67-38-26(59)23(56)16(49)9(2-44)70-38;2-1(4)3-5;;2-1(3)4/h8-65H,1-7H2;5H,(H3,2,3,4);;/q;;+3;-1/t8-,9-,10-,11-,12-,13-,14-,15-,16-,17-,18-,19-,20-,21-,22+,23+,24+,25-,26-,27-,28-,29-,30-,31-,32+,33+,34+,35+,36-,37-,38-,39+,40+,41+,42+;;;/m1.../s1. The van der Waals surface area contributed by atoms with Gasteiger partial charge in [0, 0.05) is 0 Å². The summed E-state index contributed by atoms with van der Waals surface area (Å²) in [6.45, 7) is -6.56. The number of amides is 2. The summed E-state index contributed by atoms with van der Waals surface area (Å²) < 4.78 is 72.0. The maximum atomic E-state index is 11.8. The molecule has 0 aromatic carbocycles. The van der Waals surface area contributed by atoms with Crippen molar-refractivity contribution >= 4 is 25.8 Å². The number of hydroxylamine groups is 1. The zero-order valence-corrected chi connectivity index (χ0v) is 47.9. The Labute approximate surface area is 506 Å². The Hall–Kier alpha value is -2.37. The molecule has 45 heteroatoms. The second-order valence-corrected chi connectivity index (χ2v) is 20.3. The van der Waals surface area contributed by atoms with Crippen LogP contribution < -0.4 is 11.2 Å². The number of urea groups is 1. The number of nitrogens with one attached hydrogen (secondary N) is 1. The van der Waals surface area contributed by atoms with Gasteiger partial charge in [0.25, 0.3) is 0 Å². The zero-order chi connectivity index (χ0) is 65.2. The summed E-state index contributed by atoms with van der Waals surface area (Å²) in [5.74, 6) is 0. The topological polar surface area (TPSA) is 727 Å². The average molecular weight is 1360 g/mol. The summed E-state index contributed by atoms with van der Waals surface area (Å²) in [6, 6.07) is -0.940. The molecule has 7 aliphatic rings. The van der Waals surface area contributed by atoms with Crippen molar-refractivity contribution in [2.45, 2.75) is 215 Å². The molecule has 27 N–H and O–H groups in total. The number of hydrogen-bond donors (Lipinski definition) is 26. The maximum absolute atomic E-state index is 11.8. The number of hydrogen-bond acceptors (Lipinski definition) is 41. The summed E-state index contributed by atoms with van der Waals surface area (Å²) in [7, 11) is 0. The van der Waals surface area contributed by atoms with Crippen LogP contribution in [0.15, 0.2) is 0 Å². The van der Waals surface area contributed by atoms with E-state index in [1.165, 1.54) is 5.48 Å². The molecule has 0 aromatic heterocycles. The van der Waals surface area contributed by atoms with Gasteiger partial charge >= 0.3 is 25.8 Å². The van der Waals surface area contributed by atoms with E-state index in [1.54, 1.807) is 0 Å². The molecule has 0 aliphatic carbocycles. The first-order valence-electron chi connectivity index (χ1n) is 26.2. The molecule has 0 bridgehead atoms. The number of ether oxygens (including phenoxy) is 13. The fourth-order valence-electron chi connectivity index (χ4n) is 9.77. The molecule has 7 rings (SSSR count). The Morgan fingerprint density at radius 1 is 0.364 bits per heavy atom. The van der Waals surface area contributed by atoms with Gasteiger partial charge < -0.3 is 200 Å². The third kappa shape index (κ3) is 18.5. The molecule has 0 radical (unpaired) electrons. The fraction of sp³-hybridized carbons (Fsp3) is 0.977. The minimum absolute atomic E-state index is 0. The number of aliphatic hydroxyl groups excluding tert-OH is 23. The van der Waals surface area contributed by atoms with Crippen LogP contribution in [0, 0.1) is 15.3 Å². The molecule has 88 heavy (non-hydrogen) atoms. The fourth-order valence-corrected chi connectivity index (χ4v) is 9.77. The van der Waals surface area contributed by atoms with Gasteiger partial charge in [-0.1, -0.05) is 0 Å². The van der Waals surface area contributed by atoms with Crippen LogP contribution in [-0.2, 0) is 61.6 Å². The van der Waals surface area contributed by atoms with Crippen molar-refractivity contribution in [1.29, 1.82) is 0 Å². The van der Waals surface area contributed by atoms with Crippen LogP contribution in [0.5, 0.6) is 0 Å². The van der Waals surface area contributed by atoms with E-state index >= 15 is 0 Å². The number of aliphatic hydroxyl groups is 23. The largest absolute Gasteiger partial charge is 3.00 e. The molecule has 44 nitrogen and oxygen atoms in total. The van der Waals surface area contributed by atoms with Crippen molar-refractivity contribution in [3.05, 3.63) is 15.3 Å². The zero-order valence-electron chi connectivity index (χ0n) is 45.4. The maximum Gasteiger partial charge on any atom is 3.00 e. The molecule has 35 atom stereocenters. The van der Waals surface area contributed by atoms with E-state index in [2.05, 4.69) is 5.73 Å². The summed E-state index contributed by atoms with van der Waals surface area (Å²) in [5, 5.41) is 267. The molecule has 7 heterocycles.